The first kappa shape index (κ1) is 39.0. The SMILES string of the molecule is CC1(C)c2ccccc2-c2ccc(N(c3ccc(-c4cc(C5CCCCC5)c(C5CCCCC5)c(C5CCCCC5)c4)cc3)c3ccc4c(c3)C(C)(C)c3ccccc3-4)cc21. The van der Waals surface area contributed by atoms with Crippen molar-refractivity contribution in [3.8, 4) is 33.4 Å². The summed E-state index contributed by atoms with van der Waals surface area (Å²) >= 11 is 0. The quantitative estimate of drug-likeness (QED) is 0.155. The van der Waals surface area contributed by atoms with Crippen LogP contribution in [0.25, 0.3) is 33.4 Å². The molecule has 3 saturated carbocycles. The zero-order valence-electron chi connectivity index (χ0n) is 37.3. The van der Waals surface area contributed by atoms with E-state index in [1.54, 1.807) is 11.1 Å². The van der Waals surface area contributed by atoms with Gasteiger partial charge < -0.3 is 4.90 Å². The molecule has 11 rings (SSSR count). The number of fused-ring (bicyclic) bond motifs is 6. The van der Waals surface area contributed by atoms with Crippen LogP contribution in [0.5, 0.6) is 0 Å². The van der Waals surface area contributed by atoms with E-state index in [9.17, 15) is 0 Å². The van der Waals surface area contributed by atoms with Crippen molar-refractivity contribution in [1.82, 2.24) is 0 Å². The van der Waals surface area contributed by atoms with Gasteiger partial charge in [0.05, 0.1) is 0 Å². The van der Waals surface area contributed by atoms with Crippen LogP contribution in [0.1, 0.15) is 181 Å². The Bertz CT molecular complexity index is 2440. The third-order valence-electron chi connectivity index (χ3n) is 16.5. The monoisotopic (exact) mass is 800 g/mol. The average Bonchev–Trinajstić information content (AvgIpc) is 3.68. The minimum Gasteiger partial charge on any atom is -0.310 e. The van der Waals surface area contributed by atoms with Gasteiger partial charge in [-0.15, -0.1) is 0 Å². The van der Waals surface area contributed by atoms with Crippen molar-refractivity contribution in [2.75, 3.05) is 4.90 Å². The molecule has 5 aliphatic carbocycles. The fourth-order valence-corrected chi connectivity index (χ4v) is 13.1. The van der Waals surface area contributed by atoms with Gasteiger partial charge in [-0.2, -0.15) is 0 Å². The lowest BCUT2D eigenvalue weighted by Gasteiger charge is -2.35. The van der Waals surface area contributed by atoms with Gasteiger partial charge in [-0.3, -0.25) is 0 Å². The summed E-state index contributed by atoms with van der Waals surface area (Å²) in [5.41, 5.74) is 22.8. The number of anilines is 3. The second kappa shape index (κ2) is 15.5. The predicted molar refractivity (Wildman–Crippen MR) is 259 cm³/mol. The summed E-state index contributed by atoms with van der Waals surface area (Å²) in [5.74, 6) is 2.18. The molecule has 310 valence electrons. The lowest BCUT2D eigenvalue weighted by Crippen LogP contribution is -2.18. The molecule has 0 heterocycles. The maximum absolute atomic E-state index is 2.71. The molecule has 1 nitrogen and oxygen atoms in total. The van der Waals surface area contributed by atoms with Crippen molar-refractivity contribution >= 4 is 17.1 Å². The second-order valence-electron chi connectivity index (χ2n) is 20.8. The van der Waals surface area contributed by atoms with Gasteiger partial charge in [-0.05, 0) is 165 Å². The molecule has 6 aromatic carbocycles. The molecule has 6 aromatic rings. The maximum Gasteiger partial charge on any atom is 0.0465 e. The van der Waals surface area contributed by atoms with Gasteiger partial charge in [0, 0.05) is 27.9 Å². The third kappa shape index (κ3) is 6.63. The largest absolute Gasteiger partial charge is 0.310 e. The Kier molecular flexibility index (Phi) is 9.90. The molecule has 0 amide bonds. The van der Waals surface area contributed by atoms with Gasteiger partial charge >= 0.3 is 0 Å². The summed E-state index contributed by atoms with van der Waals surface area (Å²) in [6.07, 6.45) is 20.9. The third-order valence-corrected chi connectivity index (χ3v) is 16.5. The van der Waals surface area contributed by atoms with Crippen LogP contribution < -0.4 is 4.90 Å². The summed E-state index contributed by atoms with van der Waals surface area (Å²) < 4.78 is 0. The van der Waals surface area contributed by atoms with Crippen LogP contribution in [0, 0.1) is 0 Å². The Labute approximate surface area is 366 Å². The topological polar surface area (TPSA) is 3.24 Å². The molecule has 5 aliphatic rings. The van der Waals surface area contributed by atoms with Gasteiger partial charge in [0.15, 0.2) is 0 Å². The number of rotatable bonds is 7. The normalized spacial score (nSPS) is 19.5. The summed E-state index contributed by atoms with van der Waals surface area (Å²) in [5, 5.41) is 0. The highest BCUT2D eigenvalue weighted by Gasteiger charge is 2.38. The second-order valence-corrected chi connectivity index (χ2v) is 20.8. The number of benzene rings is 6. The van der Waals surface area contributed by atoms with Crippen LogP contribution in [-0.2, 0) is 10.8 Å². The molecule has 61 heavy (non-hydrogen) atoms. The summed E-state index contributed by atoms with van der Waals surface area (Å²) in [6, 6.07) is 47.7. The smallest absolute Gasteiger partial charge is 0.0465 e. The number of nitrogens with zero attached hydrogens (tertiary/aromatic N) is 1. The molecule has 0 atom stereocenters. The van der Waals surface area contributed by atoms with E-state index >= 15 is 0 Å². The van der Waals surface area contributed by atoms with Gasteiger partial charge in [-0.25, -0.2) is 0 Å². The zero-order valence-corrected chi connectivity index (χ0v) is 37.3. The van der Waals surface area contributed by atoms with Crippen LogP contribution in [0.2, 0.25) is 0 Å². The number of hydrogen-bond acceptors (Lipinski definition) is 1. The van der Waals surface area contributed by atoms with Crippen LogP contribution in [0.4, 0.5) is 17.1 Å². The molecule has 0 radical (unpaired) electrons. The van der Waals surface area contributed by atoms with Gasteiger partial charge in [0.25, 0.3) is 0 Å². The van der Waals surface area contributed by atoms with Crippen LogP contribution in [-0.4, -0.2) is 0 Å². The lowest BCUT2D eigenvalue weighted by molar-refractivity contribution is 0.404. The average molecular weight is 800 g/mol. The molecule has 0 spiro atoms. The van der Waals surface area contributed by atoms with Crippen LogP contribution >= 0.6 is 0 Å². The van der Waals surface area contributed by atoms with Crippen molar-refractivity contribution < 1.29 is 0 Å². The van der Waals surface area contributed by atoms with Crippen molar-refractivity contribution in [3.63, 3.8) is 0 Å². The van der Waals surface area contributed by atoms with E-state index in [0.717, 1.165) is 5.92 Å². The fraction of sp³-hybridized carbons (Fsp3) is 0.400. The van der Waals surface area contributed by atoms with Gasteiger partial charge in [0.2, 0.25) is 0 Å². The Hall–Kier alpha value is -4.88. The highest BCUT2D eigenvalue weighted by molar-refractivity contribution is 5.88. The Morgan fingerprint density at radius 1 is 0.361 bits per heavy atom. The van der Waals surface area contributed by atoms with Crippen molar-refractivity contribution in [2.45, 2.75) is 153 Å². The highest BCUT2D eigenvalue weighted by Crippen LogP contribution is 2.54. The molecule has 0 unspecified atom stereocenters. The minimum absolute atomic E-state index is 0.0745. The molecule has 0 saturated heterocycles. The first-order chi connectivity index (χ1) is 29.8. The van der Waals surface area contributed by atoms with Crippen LogP contribution in [0.3, 0.4) is 0 Å². The molecule has 1 heteroatoms. The van der Waals surface area contributed by atoms with Crippen molar-refractivity contribution in [2.24, 2.45) is 0 Å². The number of hydrogen-bond donors (Lipinski definition) is 0. The maximum atomic E-state index is 2.71. The molecule has 0 aliphatic heterocycles. The van der Waals surface area contributed by atoms with E-state index in [2.05, 4.69) is 154 Å². The first-order valence-electron chi connectivity index (χ1n) is 24.3. The summed E-state index contributed by atoms with van der Waals surface area (Å²) in [6.45, 7) is 9.60. The zero-order chi connectivity index (χ0) is 41.3. The van der Waals surface area contributed by atoms with E-state index in [0.29, 0.717) is 11.8 Å². The van der Waals surface area contributed by atoms with E-state index in [1.165, 1.54) is 169 Å². The lowest BCUT2D eigenvalue weighted by atomic mass is 9.70. The Morgan fingerprint density at radius 3 is 1.21 bits per heavy atom. The van der Waals surface area contributed by atoms with E-state index in [4.69, 9.17) is 0 Å². The van der Waals surface area contributed by atoms with Gasteiger partial charge in [0.1, 0.15) is 0 Å². The molecule has 0 bridgehead atoms. The van der Waals surface area contributed by atoms with E-state index < -0.39 is 0 Å². The predicted octanol–water partition coefficient (Wildman–Crippen LogP) is 17.6. The van der Waals surface area contributed by atoms with Crippen LogP contribution in [0.15, 0.2) is 121 Å². The molecular formula is C60H65N. The molecule has 0 aromatic heterocycles. The standard InChI is InChI=1S/C60H65N/c1-59(2)54-26-16-14-24-48(54)50-34-32-46(38-56(50)59)61(47-33-35-51-49-25-15-17-27-55(49)60(3,4)57(51)39-47)45-30-28-40(29-31-45)44-36-52(41-18-8-5-9-19-41)58(43-22-12-7-13-23-43)53(37-44)42-20-10-6-11-21-42/h14-17,24-39,41-43H,5-13,18-23H2,1-4H3. The van der Waals surface area contributed by atoms with E-state index in [-0.39, 0.29) is 10.8 Å². The molecule has 3 fully saturated rings. The Balaban J connectivity index is 1.04. The van der Waals surface area contributed by atoms with Crippen molar-refractivity contribution in [1.29, 1.82) is 0 Å². The Morgan fingerprint density at radius 2 is 0.754 bits per heavy atom. The molecular weight excluding hydrogens is 735 g/mol. The molecule has 0 N–H and O–H groups in total. The first-order valence-corrected chi connectivity index (χ1v) is 24.3. The summed E-state index contributed by atoms with van der Waals surface area (Å²) in [7, 11) is 0. The summed E-state index contributed by atoms with van der Waals surface area (Å²) in [4.78, 5) is 2.54. The highest BCUT2D eigenvalue weighted by atomic mass is 15.1. The van der Waals surface area contributed by atoms with Crippen molar-refractivity contribution in [3.05, 3.63) is 160 Å². The van der Waals surface area contributed by atoms with Gasteiger partial charge in [-0.1, -0.05) is 170 Å². The fourth-order valence-electron chi connectivity index (χ4n) is 13.1. The van der Waals surface area contributed by atoms with E-state index in [1.807, 2.05) is 5.56 Å². The minimum atomic E-state index is -0.0745.